The predicted octanol–water partition coefficient (Wildman–Crippen LogP) is 4.60. The van der Waals surface area contributed by atoms with Gasteiger partial charge in [0.2, 0.25) is 0 Å². The van der Waals surface area contributed by atoms with E-state index in [0.717, 1.165) is 43.1 Å². The van der Waals surface area contributed by atoms with Gasteiger partial charge in [-0.15, -0.1) is 0 Å². The standard InChI is InChI=1S/C27H24N4.H2O/c1-3-10-24-21(7-1)12-16-29-26(24)19-31(18-14-23-9-5-6-15-28-23)20-27-25-11-4-2-8-22(25)13-17-30-27;/h1-13,15-17H,14,18-20H2;1H2. The zero-order chi connectivity index (χ0) is 20.9. The number of nitrogens with zero attached hydrogens (tertiary/aromatic N) is 4. The second-order valence-corrected chi connectivity index (χ2v) is 7.74. The monoisotopic (exact) mass is 422 g/mol. The van der Waals surface area contributed by atoms with E-state index >= 15 is 0 Å². The van der Waals surface area contributed by atoms with Crippen molar-refractivity contribution in [3.63, 3.8) is 0 Å². The summed E-state index contributed by atoms with van der Waals surface area (Å²) in [4.78, 5) is 16.4. The summed E-state index contributed by atoms with van der Waals surface area (Å²) in [6.07, 6.45) is 6.56. The SMILES string of the molecule is O.c1ccc(CCN(Cc2nccc3ccccc23)Cc2nccc3ccccc23)nc1. The van der Waals surface area contributed by atoms with Crippen molar-refractivity contribution >= 4 is 21.5 Å². The van der Waals surface area contributed by atoms with Gasteiger partial charge in [0.05, 0.1) is 11.4 Å². The summed E-state index contributed by atoms with van der Waals surface area (Å²) in [6, 6.07) is 27.2. The molecule has 0 bridgehead atoms. The fraction of sp³-hybridized carbons (Fsp3) is 0.148. The van der Waals surface area contributed by atoms with Crippen LogP contribution in [0.3, 0.4) is 0 Å². The van der Waals surface area contributed by atoms with Crippen LogP contribution in [0.15, 0.2) is 97.5 Å². The number of hydrogen-bond donors (Lipinski definition) is 0. The Balaban J connectivity index is 0.00000245. The van der Waals surface area contributed by atoms with Gasteiger partial charge in [-0.25, -0.2) is 0 Å². The first-order valence-electron chi connectivity index (χ1n) is 10.6. The average Bonchev–Trinajstić information content (AvgIpc) is 2.84. The Kier molecular flexibility index (Phi) is 6.80. The normalized spacial score (nSPS) is 11.0. The topological polar surface area (TPSA) is 73.4 Å². The zero-order valence-corrected chi connectivity index (χ0v) is 17.9. The quantitative estimate of drug-likeness (QED) is 0.384. The van der Waals surface area contributed by atoms with E-state index in [0.29, 0.717) is 0 Å². The van der Waals surface area contributed by atoms with E-state index in [4.69, 9.17) is 9.97 Å². The Morgan fingerprint density at radius 1 is 0.562 bits per heavy atom. The average molecular weight is 423 g/mol. The smallest absolute Gasteiger partial charge is 0.0622 e. The molecule has 0 aliphatic rings. The summed E-state index contributed by atoms with van der Waals surface area (Å²) in [7, 11) is 0. The van der Waals surface area contributed by atoms with Crippen molar-refractivity contribution in [1.29, 1.82) is 0 Å². The van der Waals surface area contributed by atoms with Gasteiger partial charge in [0.1, 0.15) is 0 Å². The molecule has 0 spiro atoms. The maximum absolute atomic E-state index is 4.73. The van der Waals surface area contributed by atoms with Gasteiger partial charge in [-0.2, -0.15) is 0 Å². The minimum absolute atomic E-state index is 0. The first-order valence-corrected chi connectivity index (χ1v) is 10.6. The van der Waals surface area contributed by atoms with Gasteiger partial charge in [-0.3, -0.25) is 19.9 Å². The van der Waals surface area contributed by atoms with E-state index < -0.39 is 0 Å². The molecule has 0 saturated carbocycles. The van der Waals surface area contributed by atoms with E-state index in [2.05, 4.69) is 76.6 Å². The lowest BCUT2D eigenvalue weighted by Gasteiger charge is -2.23. The Morgan fingerprint density at radius 2 is 1.12 bits per heavy atom. The molecule has 0 amide bonds. The molecule has 160 valence electrons. The van der Waals surface area contributed by atoms with E-state index in [-0.39, 0.29) is 5.48 Å². The number of rotatable bonds is 7. The van der Waals surface area contributed by atoms with Crippen LogP contribution in [-0.2, 0) is 19.5 Å². The van der Waals surface area contributed by atoms with Crippen LogP contribution in [0.25, 0.3) is 21.5 Å². The Morgan fingerprint density at radius 3 is 1.69 bits per heavy atom. The third-order valence-corrected chi connectivity index (χ3v) is 5.67. The molecular formula is C27H26N4O. The second-order valence-electron chi connectivity index (χ2n) is 7.74. The van der Waals surface area contributed by atoms with Crippen molar-refractivity contribution in [3.05, 3.63) is 115 Å². The van der Waals surface area contributed by atoms with Crippen LogP contribution < -0.4 is 0 Å². The molecule has 0 aliphatic heterocycles. The van der Waals surface area contributed by atoms with Crippen molar-refractivity contribution in [2.24, 2.45) is 0 Å². The summed E-state index contributed by atoms with van der Waals surface area (Å²) in [5, 5.41) is 4.86. The van der Waals surface area contributed by atoms with E-state index in [1.807, 2.05) is 30.7 Å². The van der Waals surface area contributed by atoms with Crippen LogP contribution in [0.4, 0.5) is 0 Å². The van der Waals surface area contributed by atoms with Gasteiger partial charge in [-0.05, 0) is 35.0 Å². The fourth-order valence-corrected chi connectivity index (χ4v) is 4.07. The third-order valence-electron chi connectivity index (χ3n) is 5.67. The van der Waals surface area contributed by atoms with Crippen molar-refractivity contribution in [2.45, 2.75) is 19.5 Å². The minimum Gasteiger partial charge on any atom is -0.412 e. The van der Waals surface area contributed by atoms with E-state index in [1.165, 1.54) is 21.5 Å². The molecule has 0 atom stereocenters. The number of fused-ring (bicyclic) bond motifs is 2. The molecular weight excluding hydrogens is 396 g/mol. The van der Waals surface area contributed by atoms with Crippen molar-refractivity contribution < 1.29 is 5.48 Å². The molecule has 5 rings (SSSR count). The summed E-state index contributed by atoms with van der Waals surface area (Å²) >= 11 is 0. The molecule has 0 unspecified atom stereocenters. The summed E-state index contributed by atoms with van der Waals surface area (Å²) in [5.74, 6) is 0. The number of pyridine rings is 3. The highest BCUT2D eigenvalue weighted by molar-refractivity contribution is 5.85. The first-order chi connectivity index (χ1) is 15.4. The maximum atomic E-state index is 4.73. The summed E-state index contributed by atoms with van der Waals surface area (Å²) in [6.45, 7) is 2.41. The van der Waals surface area contributed by atoms with Crippen molar-refractivity contribution in [1.82, 2.24) is 19.9 Å². The number of benzene rings is 2. The molecule has 5 nitrogen and oxygen atoms in total. The molecule has 2 aromatic carbocycles. The van der Waals surface area contributed by atoms with Crippen LogP contribution in [0.1, 0.15) is 17.1 Å². The highest BCUT2D eigenvalue weighted by atomic mass is 16.0. The van der Waals surface area contributed by atoms with Gasteiger partial charge in [-0.1, -0.05) is 54.6 Å². The van der Waals surface area contributed by atoms with Gasteiger partial charge < -0.3 is 5.48 Å². The third kappa shape index (κ3) is 4.80. The van der Waals surface area contributed by atoms with Crippen LogP contribution >= 0.6 is 0 Å². The Bertz CT molecular complexity index is 1220. The molecule has 2 N–H and O–H groups in total. The predicted molar refractivity (Wildman–Crippen MR) is 129 cm³/mol. The molecule has 0 saturated heterocycles. The number of aromatic nitrogens is 3. The highest BCUT2D eigenvalue weighted by Crippen LogP contribution is 2.21. The van der Waals surface area contributed by atoms with Crippen LogP contribution in [0, 0.1) is 0 Å². The largest absolute Gasteiger partial charge is 0.412 e. The molecule has 32 heavy (non-hydrogen) atoms. The van der Waals surface area contributed by atoms with Crippen LogP contribution in [0.2, 0.25) is 0 Å². The van der Waals surface area contributed by atoms with Gasteiger partial charge in [0, 0.05) is 61.1 Å². The lowest BCUT2D eigenvalue weighted by molar-refractivity contribution is 0.255. The van der Waals surface area contributed by atoms with Gasteiger partial charge in [0.25, 0.3) is 0 Å². The molecule has 5 aromatic rings. The molecule has 3 aromatic heterocycles. The maximum Gasteiger partial charge on any atom is 0.0622 e. The summed E-state index contributed by atoms with van der Waals surface area (Å²) < 4.78 is 0. The zero-order valence-electron chi connectivity index (χ0n) is 17.9. The molecule has 5 heteroatoms. The second kappa shape index (κ2) is 10.1. The molecule has 0 fully saturated rings. The van der Waals surface area contributed by atoms with Crippen molar-refractivity contribution in [2.75, 3.05) is 6.54 Å². The highest BCUT2D eigenvalue weighted by Gasteiger charge is 2.13. The van der Waals surface area contributed by atoms with E-state index in [1.54, 1.807) is 0 Å². The van der Waals surface area contributed by atoms with Crippen LogP contribution in [0.5, 0.6) is 0 Å². The Labute approximate surface area is 187 Å². The van der Waals surface area contributed by atoms with Crippen LogP contribution in [-0.4, -0.2) is 31.9 Å². The number of hydrogen-bond acceptors (Lipinski definition) is 4. The molecule has 0 radical (unpaired) electrons. The lowest BCUT2D eigenvalue weighted by Crippen LogP contribution is -2.26. The van der Waals surface area contributed by atoms with Gasteiger partial charge in [0.15, 0.2) is 0 Å². The summed E-state index contributed by atoms with van der Waals surface area (Å²) in [5.41, 5.74) is 3.29. The van der Waals surface area contributed by atoms with E-state index in [9.17, 15) is 0 Å². The van der Waals surface area contributed by atoms with Gasteiger partial charge >= 0.3 is 0 Å². The molecule has 3 heterocycles. The van der Waals surface area contributed by atoms with Crippen molar-refractivity contribution in [3.8, 4) is 0 Å². The first kappa shape index (κ1) is 21.6. The fourth-order valence-electron chi connectivity index (χ4n) is 4.07. The Hall–Kier alpha value is -3.67. The molecule has 0 aliphatic carbocycles. The lowest BCUT2D eigenvalue weighted by atomic mass is 10.1. The minimum atomic E-state index is 0.